The number of nitrogens with zero attached hydrogens (tertiary/aromatic N) is 3. The van der Waals surface area contributed by atoms with Crippen molar-refractivity contribution in [1.82, 2.24) is 10.2 Å². The topological polar surface area (TPSA) is 59.4 Å². The lowest BCUT2D eigenvalue weighted by Crippen LogP contribution is -2.47. The van der Waals surface area contributed by atoms with E-state index in [1.807, 2.05) is 11.0 Å². The van der Waals surface area contributed by atoms with Gasteiger partial charge < -0.3 is 10.2 Å². The smallest absolute Gasteiger partial charge is 0.369 e. The molecule has 0 radical (unpaired) electrons. The van der Waals surface area contributed by atoms with Crippen LogP contribution in [0.15, 0.2) is 18.2 Å². The Morgan fingerprint density at radius 3 is 2.39 bits per heavy atom. The molecule has 1 saturated heterocycles. The number of hydrogen-bond acceptors (Lipinski definition) is 4. The number of hydrogen-bond donors (Lipinski definition) is 1. The second-order valence-electron chi connectivity index (χ2n) is 8.43. The summed E-state index contributed by atoms with van der Waals surface area (Å²) in [5.74, 6) is -0.476. The van der Waals surface area contributed by atoms with Gasteiger partial charge in [0.1, 0.15) is 12.2 Å². The predicted molar refractivity (Wildman–Crippen MR) is 109 cm³/mol. The third kappa shape index (κ3) is 6.82. The van der Waals surface area contributed by atoms with Crippen molar-refractivity contribution < 1.29 is 22.4 Å². The largest absolute Gasteiger partial charge is 0.416 e. The maximum atomic E-state index is 13.7. The summed E-state index contributed by atoms with van der Waals surface area (Å²) in [6.45, 7) is 3.53. The van der Waals surface area contributed by atoms with Crippen LogP contribution in [0, 0.1) is 23.1 Å². The number of benzene rings is 1. The van der Waals surface area contributed by atoms with Gasteiger partial charge in [0.05, 0.1) is 11.6 Å². The minimum Gasteiger partial charge on any atom is -0.369 e. The van der Waals surface area contributed by atoms with E-state index in [-0.39, 0.29) is 24.1 Å². The van der Waals surface area contributed by atoms with Gasteiger partial charge in [-0.3, -0.25) is 9.69 Å². The molecule has 9 heteroatoms. The first-order valence-electron chi connectivity index (χ1n) is 10.8. The number of alkyl halides is 3. The van der Waals surface area contributed by atoms with E-state index < -0.39 is 17.6 Å². The van der Waals surface area contributed by atoms with Crippen LogP contribution in [0.4, 0.5) is 23.2 Å². The van der Waals surface area contributed by atoms with Crippen molar-refractivity contribution in [1.29, 1.82) is 5.26 Å². The van der Waals surface area contributed by atoms with E-state index in [4.69, 9.17) is 5.26 Å². The summed E-state index contributed by atoms with van der Waals surface area (Å²) in [5.41, 5.74) is -0.673. The summed E-state index contributed by atoms with van der Waals surface area (Å²) in [6.07, 6.45) is 0.335. The Kier molecular flexibility index (Phi) is 7.76. The number of rotatable bonds is 6. The molecule has 0 spiro atoms. The molecule has 1 aliphatic carbocycles. The van der Waals surface area contributed by atoms with E-state index in [1.54, 1.807) is 0 Å². The molecule has 0 unspecified atom stereocenters. The van der Waals surface area contributed by atoms with Crippen molar-refractivity contribution in [3.8, 4) is 6.07 Å². The van der Waals surface area contributed by atoms with E-state index in [0.29, 0.717) is 25.1 Å². The molecule has 31 heavy (non-hydrogen) atoms. The summed E-state index contributed by atoms with van der Waals surface area (Å²) < 4.78 is 52.5. The average molecular weight is 440 g/mol. The van der Waals surface area contributed by atoms with E-state index in [2.05, 4.69) is 10.2 Å². The molecule has 1 heterocycles. The van der Waals surface area contributed by atoms with Crippen LogP contribution in [0.3, 0.4) is 0 Å². The molecular weight excluding hydrogens is 412 g/mol. The normalized spacial score (nSPS) is 22.7. The molecule has 1 amide bonds. The van der Waals surface area contributed by atoms with Crippen LogP contribution in [0.25, 0.3) is 0 Å². The molecule has 1 aromatic carbocycles. The molecule has 2 fully saturated rings. The first kappa shape index (κ1) is 23.3. The Hall–Kier alpha value is -2.34. The van der Waals surface area contributed by atoms with E-state index in [0.717, 1.165) is 57.8 Å². The van der Waals surface area contributed by atoms with Crippen LogP contribution >= 0.6 is 0 Å². The quantitative estimate of drug-likeness (QED) is 0.681. The van der Waals surface area contributed by atoms with Crippen LogP contribution in [-0.4, -0.2) is 49.6 Å². The highest BCUT2D eigenvalue weighted by Crippen LogP contribution is 2.33. The summed E-state index contributed by atoms with van der Waals surface area (Å²) in [4.78, 5) is 15.6. The fourth-order valence-electron chi connectivity index (χ4n) is 4.46. The lowest BCUT2D eigenvalue weighted by Gasteiger charge is -2.37. The maximum absolute atomic E-state index is 13.7. The summed E-state index contributed by atoms with van der Waals surface area (Å²) in [7, 11) is 0. The molecule has 170 valence electrons. The summed E-state index contributed by atoms with van der Waals surface area (Å²) in [5, 5.41) is 11.5. The molecule has 0 atom stereocenters. The minimum absolute atomic E-state index is 0.0982. The summed E-state index contributed by atoms with van der Waals surface area (Å²) in [6, 6.07) is 4.74. The number of amides is 1. The molecule has 1 N–H and O–H groups in total. The molecule has 2 aliphatic rings. The van der Waals surface area contributed by atoms with Gasteiger partial charge in [0, 0.05) is 37.9 Å². The molecular formula is C22H28F4N4O. The van der Waals surface area contributed by atoms with Gasteiger partial charge in [-0.25, -0.2) is 4.39 Å². The van der Waals surface area contributed by atoms with Gasteiger partial charge in [-0.1, -0.05) is 0 Å². The third-order valence-electron chi connectivity index (χ3n) is 6.25. The van der Waals surface area contributed by atoms with Crippen molar-refractivity contribution >= 4 is 11.6 Å². The number of nitrogens with one attached hydrogen (secondary N) is 1. The zero-order valence-electron chi connectivity index (χ0n) is 17.4. The Bertz CT molecular complexity index is 792. The zero-order chi connectivity index (χ0) is 22.4. The number of piperazine rings is 1. The van der Waals surface area contributed by atoms with Gasteiger partial charge in [-0.05, 0) is 62.8 Å². The van der Waals surface area contributed by atoms with Crippen molar-refractivity contribution in [2.75, 3.05) is 37.6 Å². The second kappa shape index (κ2) is 10.3. The van der Waals surface area contributed by atoms with E-state index >= 15 is 0 Å². The predicted octanol–water partition coefficient (Wildman–Crippen LogP) is 3.95. The Balaban J connectivity index is 1.40. The number of anilines is 1. The first-order chi connectivity index (χ1) is 14.7. The SMILES string of the molecule is N#CCC(=O)N[C@H]1CC[C@H](CCN2CCN(c3cc(F)cc(C(F)(F)F)c3)CC2)CC1. The van der Waals surface area contributed by atoms with Crippen molar-refractivity contribution in [3.05, 3.63) is 29.6 Å². The van der Waals surface area contributed by atoms with Gasteiger partial charge in [0.25, 0.3) is 0 Å². The van der Waals surface area contributed by atoms with Crippen LogP contribution in [0.5, 0.6) is 0 Å². The molecule has 0 aromatic heterocycles. The lowest BCUT2D eigenvalue weighted by molar-refractivity contribution is -0.137. The highest BCUT2D eigenvalue weighted by atomic mass is 19.4. The highest BCUT2D eigenvalue weighted by molar-refractivity contribution is 5.78. The Morgan fingerprint density at radius 1 is 1.10 bits per heavy atom. The molecule has 0 bridgehead atoms. The second-order valence-corrected chi connectivity index (χ2v) is 8.43. The van der Waals surface area contributed by atoms with Crippen LogP contribution in [0.2, 0.25) is 0 Å². The number of halogens is 4. The zero-order valence-corrected chi connectivity index (χ0v) is 17.4. The number of nitriles is 1. The fraction of sp³-hybridized carbons (Fsp3) is 0.636. The minimum atomic E-state index is -4.56. The lowest BCUT2D eigenvalue weighted by atomic mass is 9.84. The molecule has 1 saturated carbocycles. The molecule has 1 aliphatic heterocycles. The van der Waals surface area contributed by atoms with Gasteiger partial charge in [0.15, 0.2) is 0 Å². The van der Waals surface area contributed by atoms with Crippen LogP contribution in [-0.2, 0) is 11.0 Å². The first-order valence-corrected chi connectivity index (χ1v) is 10.8. The third-order valence-corrected chi connectivity index (χ3v) is 6.25. The molecule has 1 aromatic rings. The Labute approximate surface area is 180 Å². The monoisotopic (exact) mass is 440 g/mol. The van der Waals surface area contributed by atoms with Crippen LogP contribution in [0.1, 0.15) is 44.1 Å². The summed E-state index contributed by atoms with van der Waals surface area (Å²) >= 11 is 0. The van der Waals surface area contributed by atoms with Crippen LogP contribution < -0.4 is 10.2 Å². The van der Waals surface area contributed by atoms with Crippen molar-refractivity contribution in [2.45, 2.75) is 50.7 Å². The van der Waals surface area contributed by atoms with Gasteiger partial charge in [-0.2, -0.15) is 18.4 Å². The number of carbonyl (C=O) groups is 1. The molecule has 3 rings (SSSR count). The number of carbonyl (C=O) groups excluding carboxylic acids is 1. The van der Waals surface area contributed by atoms with Crippen molar-refractivity contribution in [2.24, 2.45) is 5.92 Å². The van der Waals surface area contributed by atoms with Crippen molar-refractivity contribution in [3.63, 3.8) is 0 Å². The maximum Gasteiger partial charge on any atom is 0.416 e. The van der Waals surface area contributed by atoms with Gasteiger partial charge in [0.2, 0.25) is 5.91 Å². The average Bonchev–Trinajstić information content (AvgIpc) is 2.73. The van der Waals surface area contributed by atoms with Gasteiger partial charge >= 0.3 is 6.18 Å². The Morgan fingerprint density at radius 2 is 1.77 bits per heavy atom. The van der Waals surface area contributed by atoms with E-state index in [9.17, 15) is 22.4 Å². The fourth-order valence-corrected chi connectivity index (χ4v) is 4.46. The standard InChI is InChI=1S/C22H28F4N4O/c23-18-13-17(22(24,25)26)14-20(15-18)30-11-9-29(10-12-30)8-6-16-1-3-19(4-2-16)28-21(31)5-7-27/h13-16,19H,1-6,8-12H2,(H,28,31)/t16-,19-. The highest BCUT2D eigenvalue weighted by Gasteiger charge is 2.32. The van der Waals surface area contributed by atoms with Gasteiger partial charge in [-0.15, -0.1) is 0 Å². The van der Waals surface area contributed by atoms with E-state index in [1.165, 1.54) is 6.07 Å². The molecule has 5 nitrogen and oxygen atoms in total.